The zero-order valence-electron chi connectivity index (χ0n) is 38.7. The molecule has 0 radical (unpaired) electrons. The first-order valence-corrected chi connectivity index (χ1v) is 24.3. The van der Waals surface area contributed by atoms with Crippen molar-refractivity contribution >= 4 is 82.4 Å². The number of fused-ring (bicyclic) bond motifs is 9. The molecule has 0 aliphatic carbocycles. The normalized spacial score (nSPS) is 11.7. The largest absolute Gasteiger partial charge is 0.455 e. The highest BCUT2D eigenvalue weighted by molar-refractivity contribution is 6.12. The summed E-state index contributed by atoms with van der Waals surface area (Å²) < 4.78 is 8.93. The summed E-state index contributed by atoms with van der Waals surface area (Å²) in [5, 5.41) is 9.74. The van der Waals surface area contributed by atoms with Crippen molar-refractivity contribution in [1.82, 2.24) is 4.57 Å². The Labute approximate surface area is 411 Å². The van der Waals surface area contributed by atoms with Gasteiger partial charge >= 0.3 is 0 Å². The second-order valence-corrected chi connectivity index (χ2v) is 18.4. The van der Waals surface area contributed by atoms with Gasteiger partial charge in [0, 0.05) is 49.6 Å². The van der Waals surface area contributed by atoms with E-state index in [1.165, 1.54) is 60.0 Å². The maximum atomic E-state index is 6.51. The molecule has 0 bridgehead atoms. The molecule has 0 spiro atoms. The molecule has 0 unspecified atom stereocenters. The summed E-state index contributed by atoms with van der Waals surface area (Å²) in [5.74, 6) is 0. The smallest absolute Gasteiger partial charge is 0.143 e. The molecule has 3 nitrogen and oxygen atoms in total. The van der Waals surface area contributed by atoms with Crippen molar-refractivity contribution in [3.05, 3.63) is 267 Å². The predicted molar refractivity (Wildman–Crippen MR) is 299 cm³/mol. The Hall–Kier alpha value is -9.44. The third-order valence-electron chi connectivity index (χ3n) is 14.4. The summed E-state index contributed by atoms with van der Waals surface area (Å²) in [6.45, 7) is 0. The third-order valence-corrected chi connectivity index (χ3v) is 14.4. The number of hydrogen-bond acceptors (Lipinski definition) is 2. The first-order chi connectivity index (χ1) is 35.2. The van der Waals surface area contributed by atoms with Crippen LogP contribution in [-0.2, 0) is 0 Å². The van der Waals surface area contributed by atoms with E-state index in [0.29, 0.717) is 0 Å². The van der Waals surface area contributed by atoms with Crippen molar-refractivity contribution in [3.8, 4) is 50.2 Å². The lowest BCUT2D eigenvalue weighted by atomic mass is 9.93. The van der Waals surface area contributed by atoms with Crippen molar-refractivity contribution in [1.29, 1.82) is 0 Å². The van der Waals surface area contributed by atoms with Gasteiger partial charge in [0.2, 0.25) is 0 Å². The van der Waals surface area contributed by atoms with E-state index in [0.717, 1.165) is 72.5 Å². The van der Waals surface area contributed by atoms with Crippen LogP contribution in [0.15, 0.2) is 271 Å². The maximum absolute atomic E-state index is 6.51. The van der Waals surface area contributed by atoms with Gasteiger partial charge in [-0.2, -0.15) is 0 Å². The van der Waals surface area contributed by atoms with E-state index < -0.39 is 0 Å². The lowest BCUT2D eigenvalue weighted by molar-refractivity contribution is 0.670. The van der Waals surface area contributed by atoms with Gasteiger partial charge in [-0.05, 0) is 110 Å². The number of para-hydroxylation sites is 6. The Morgan fingerprint density at radius 3 is 1.55 bits per heavy atom. The van der Waals surface area contributed by atoms with E-state index in [4.69, 9.17) is 4.42 Å². The van der Waals surface area contributed by atoms with E-state index in [-0.39, 0.29) is 0 Å². The number of anilines is 3. The van der Waals surface area contributed by atoms with Crippen molar-refractivity contribution < 1.29 is 4.42 Å². The minimum atomic E-state index is 0.898. The highest BCUT2D eigenvalue weighted by Crippen LogP contribution is 2.45. The third kappa shape index (κ3) is 6.74. The van der Waals surface area contributed by atoms with Gasteiger partial charge in [0.25, 0.3) is 0 Å². The molecule has 0 aliphatic rings. The molecule has 2 aromatic heterocycles. The molecule has 2 heterocycles. The van der Waals surface area contributed by atoms with Crippen molar-refractivity contribution in [2.75, 3.05) is 4.90 Å². The summed E-state index contributed by atoms with van der Waals surface area (Å²) in [4.78, 5) is 2.40. The zero-order chi connectivity index (χ0) is 46.8. The minimum absolute atomic E-state index is 0.898. The molecule has 332 valence electrons. The molecule has 0 saturated carbocycles. The van der Waals surface area contributed by atoms with Gasteiger partial charge in [-0.3, -0.25) is 0 Å². The fourth-order valence-corrected chi connectivity index (χ4v) is 11.1. The molecule has 71 heavy (non-hydrogen) atoms. The Balaban J connectivity index is 0.898. The Morgan fingerprint density at radius 2 is 0.803 bits per heavy atom. The van der Waals surface area contributed by atoms with Crippen LogP contribution in [0, 0.1) is 0 Å². The van der Waals surface area contributed by atoms with Gasteiger partial charge in [-0.15, -0.1) is 0 Å². The Bertz CT molecular complexity index is 4290. The van der Waals surface area contributed by atoms with Crippen LogP contribution in [0.2, 0.25) is 0 Å². The lowest BCUT2D eigenvalue weighted by Crippen LogP contribution is -2.11. The van der Waals surface area contributed by atoms with E-state index in [1.54, 1.807) is 0 Å². The monoisotopic (exact) mass is 904 g/mol. The van der Waals surface area contributed by atoms with Crippen LogP contribution >= 0.6 is 0 Å². The fraction of sp³-hybridized carbons (Fsp3) is 0. The first-order valence-electron chi connectivity index (χ1n) is 24.3. The Kier molecular flexibility index (Phi) is 9.53. The van der Waals surface area contributed by atoms with E-state index in [2.05, 4.69) is 264 Å². The SMILES string of the molecule is c1ccc(-c2ccccc2-n2c3ccccc3c3ccccc32)c(-c2ccc(N(c3ccc(-c4cccc5c4oc4ccccc45)cc3)c3ccccc3-c3ccc4c(ccc5ccccc54)c3)cc2)c1. The molecule has 0 saturated heterocycles. The molecule has 12 aromatic carbocycles. The molecule has 0 aliphatic heterocycles. The molecular formula is C68H44N2O. The summed E-state index contributed by atoms with van der Waals surface area (Å²) in [5.41, 5.74) is 17.7. The average molecular weight is 905 g/mol. The fourth-order valence-electron chi connectivity index (χ4n) is 11.1. The number of nitrogens with zero attached hydrogens (tertiary/aromatic N) is 2. The highest BCUT2D eigenvalue weighted by atomic mass is 16.3. The molecule has 0 atom stereocenters. The van der Waals surface area contributed by atoms with E-state index in [9.17, 15) is 0 Å². The second kappa shape index (κ2) is 16.7. The number of furan rings is 1. The second-order valence-electron chi connectivity index (χ2n) is 18.4. The number of rotatable bonds is 8. The van der Waals surface area contributed by atoms with Crippen LogP contribution < -0.4 is 4.90 Å². The van der Waals surface area contributed by atoms with Gasteiger partial charge in [0.1, 0.15) is 11.2 Å². The summed E-state index contributed by atoms with van der Waals surface area (Å²) >= 11 is 0. The van der Waals surface area contributed by atoms with Gasteiger partial charge in [-0.25, -0.2) is 0 Å². The van der Waals surface area contributed by atoms with Crippen LogP contribution in [-0.4, -0.2) is 4.57 Å². The summed E-state index contributed by atoms with van der Waals surface area (Å²) in [6, 6.07) is 96.7. The van der Waals surface area contributed by atoms with Gasteiger partial charge in [0.05, 0.1) is 22.4 Å². The Morgan fingerprint density at radius 1 is 0.296 bits per heavy atom. The van der Waals surface area contributed by atoms with Crippen LogP contribution in [0.5, 0.6) is 0 Å². The maximum Gasteiger partial charge on any atom is 0.143 e. The quantitative estimate of drug-likeness (QED) is 0.142. The standard InChI is InChI=1S/C68H44N2O/c1-2-17-52-45(16-1)32-33-48-44-49(38-43-54(48)52)55-19-5-10-27-63(55)69(51-41-36-47(37-42-51)56-25-15-26-62-61-24-9-14-31-67(61)71-68(56)62)50-39-34-46(35-40-50)53-18-3-4-20-57(53)58-21-6-11-28-64(58)70-65-29-12-7-22-59(65)60-23-8-13-30-66(60)70/h1-44H. The van der Waals surface area contributed by atoms with E-state index >= 15 is 0 Å². The molecule has 14 rings (SSSR count). The van der Waals surface area contributed by atoms with Gasteiger partial charge < -0.3 is 13.9 Å². The number of hydrogen-bond donors (Lipinski definition) is 0. The predicted octanol–water partition coefficient (Wildman–Crippen LogP) is 19.1. The molecule has 0 N–H and O–H groups in total. The minimum Gasteiger partial charge on any atom is -0.455 e. The lowest BCUT2D eigenvalue weighted by Gasteiger charge is -2.28. The van der Waals surface area contributed by atoms with Gasteiger partial charge in [-0.1, -0.05) is 206 Å². The summed E-state index contributed by atoms with van der Waals surface area (Å²) in [6.07, 6.45) is 0. The van der Waals surface area contributed by atoms with Crippen LogP contribution in [0.4, 0.5) is 17.1 Å². The first kappa shape index (κ1) is 40.6. The number of aromatic nitrogens is 1. The van der Waals surface area contributed by atoms with Crippen LogP contribution in [0.1, 0.15) is 0 Å². The molecule has 14 aromatic rings. The topological polar surface area (TPSA) is 21.3 Å². The molecular weight excluding hydrogens is 861 g/mol. The zero-order valence-corrected chi connectivity index (χ0v) is 38.7. The van der Waals surface area contributed by atoms with Crippen molar-refractivity contribution in [2.24, 2.45) is 0 Å². The van der Waals surface area contributed by atoms with Crippen LogP contribution in [0.25, 0.3) is 115 Å². The van der Waals surface area contributed by atoms with Crippen molar-refractivity contribution in [2.45, 2.75) is 0 Å². The molecule has 3 heteroatoms. The van der Waals surface area contributed by atoms with Crippen LogP contribution in [0.3, 0.4) is 0 Å². The van der Waals surface area contributed by atoms with Gasteiger partial charge in [0.15, 0.2) is 0 Å². The highest BCUT2D eigenvalue weighted by Gasteiger charge is 2.21. The summed E-state index contributed by atoms with van der Waals surface area (Å²) in [7, 11) is 0. The number of benzene rings is 12. The molecule has 0 fully saturated rings. The molecule has 0 amide bonds. The van der Waals surface area contributed by atoms with Crippen molar-refractivity contribution in [3.63, 3.8) is 0 Å². The average Bonchev–Trinajstić information content (AvgIpc) is 4.00. The van der Waals surface area contributed by atoms with E-state index in [1.807, 2.05) is 12.1 Å².